The maximum atomic E-state index is 10.9. The van der Waals surface area contributed by atoms with E-state index in [4.69, 9.17) is 14.4 Å². The molecule has 0 bridgehead atoms. The molecule has 0 aromatic carbocycles. The number of hydrogen-bond donors (Lipinski definition) is 2. The molecule has 1 aliphatic rings. The van der Waals surface area contributed by atoms with E-state index in [1.54, 1.807) is 5.38 Å². The monoisotopic (exact) mass is 324 g/mol. The fraction of sp³-hybridized carbons (Fsp3) is 0.571. The fourth-order valence-corrected chi connectivity index (χ4v) is 2.65. The van der Waals surface area contributed by atoms with Gasteiger partial charge >= 0.3 is 13.1 Å². The van der Waals surface area contributed by atoms with Crippen LogP contribution in [-0.4, -0.2) is 48.0 Å². The number of nitrogens with zero attached hydrogens (tertiary/aromatic N) is 1. The second kappa shape index (κ2) is 6.12. The third-order valence-electron chi connectivity index (χ3n) is 3.98. The zero-order valence-corrected chi connectivity index (χ0v) is 14.3. The van der Waals surface area contributed by atoms with Gasteiger partial charge in [-0.2, -0.15) is 0 Å². The lowest BCUT2D eigenvalue weighted by molar-refractivity contribution is 0.00578. The molecule has 1 saturated heterocycles. The van der Waals surface area contributed by atoms with Crippen LogP contribution >= 0.6 is 11.3 Å². The number of rotatable bonds is 5. The van der Waals surface area contributed by atoms with Crippen molar-refractivity contribution >= 4 is 30.5 Å². The zero-order valence-electron chi connectivity index (χ0n) is 13.5. The molecular formula is C14H21BN2O4S. The van der Waals surface area contributed by atoms with Crippen LogP contribution in [0.4, 0.5) is 0 Å². The zero-order chi connectivity index (χ0) is 16.5. The molecule has 2 N–H and O–H groups in total. The van der Waals surface area contributed by atoms with Gasteiger partial charge in [0.25, 0.3) is 0 Å². The van der Waals surface area contributed by atoms with Gasteiger partial charge in [0, 0.05) is 11.9 Å². The lowest BCUT2D eigenvalue weighted by atomic mass is 9.77. The van der Waals surface area contributed by atoms with Crippen molar-refractivity contribution in [2.45, 2.75) is 38.9 Å². The van der Waals surface area contributed by atoms with Crippen LogP contribution in [0.1, 0.15) is 43.2 Å². The second-order valence-electron chi connectivity index (χ2n) is 6.22. The predicted octanol–water partition coefficient (Wildman–Crippen LogP) is 2.08. The normalized spacial score (nSPS) is 20.4. The number of aromatic nitrogens is 1. The van der Waals surface area contributed by atoms with Gasteiger partial charge in [-0.25, -0.2) is 9.78 Å². The van der Waals surface area contributed by atoms with Gasteiger partial charge in [-0.05, 0) is 46.3 Å². The van der Waals surface area contributed by atoms with E-state index < -0.39 is 24.3 Å². The number of nitrogens with one attached hydrogen (secondary N) is 1. The summed E-state index contributed by atoms with van der Waals surface area (Å²) in [5.74, 6) is -1.02. The summed E-state index contributed by atoms with van der Waals surface area (Å²) < 4.78 is 12.1. The maximum absolute atomic E-state index is 10.9. The molecule has 8 heteroatoms. The summed E-state index contributed by atoms with van der Waals surface area (Å²) in [6.45, 7) is 8.55. The quantitative estimate of drug-likeness (QED) is 0.807. The van der Waals surface area contributed by atoms with Crippen LogP contribution in [0.25, 0.3) is 6.08 Å². The van der Waals surface area contributed by atoms with Gasteiger partial charge in [0.1, 0.15) is 0 Å². The molecule has 0 spiro atoms. The maximum Gasteiger partial charge on any atom is 0.491 e. The first kappa shape index (κ1) is 17.1. The number of carbonyl (C=O) groups is 1. The molecule has 120 valence electrons. The summed E-state index contributed by atoms with van der Waals surface area (Å²) >= 11 is 1.10. The van der Waals surface area contributed by atoms with E-state index in [0.29, 0.717) is 12.2 Å². The van der Waals surface area contributed by atoms with Crippen LogP contribution in [-0.2, 0) is 9.31 Å². The second-order valence-corrected chi connectivity index (χ2v) is 7.08. The molecule has 22 heavy (non-hydrogen) atoms. The van der Waals surface area contributed by atoms with Gasteiger partial charge in [0.15, 0.2) is 0 Å². The third kappa shape index (κ3) is 3.40. The van der Waals surface area contributed by atoms with Crippen molar-refractivity contribution in [3.63, 3.8) is 0 Å². The standard InChI is InChI=1S/C14H21BN2O4S/c1-13(2)14(3,4)21-15(20-13)9(7-16-5)6-10-8-22-11(17-10)12(18)19/h6,8,16H,7H2,1-5H3,(H,18,19). The molecule has 0 atom stereocenters. The van der Waals surface area contributed by atoms with E-state index in [1.165, 1.54) is 0 Å². The Balaban J connectivity index is 2.26. The molecule has 1 aliphatic heterocycles. The third-order valence-corrected chi connectivity index (χ3v) is 4.82. The van der Waals surface area contributed by atoms with Crippen molar-refractivity contribution in [3.8, 4) is 0 Å². The van der Waals surface area contributed by atoms with Gasteiger partial charge in [-0.3, -0.25) is 0 Å². The highest BCUT2D eigenvalue weighted by Crippen LogP contribution is 2.38. The molecule has 1 aromatic rings. The molecule has 0 saturated carbocycles. The van der Waals surface area contributed by atoms with Gasteiger partial charge in [0.05, 0.1) is 16.9 Å². The molecule has 2 rings (SSSR count). The van der Waals surface area contributed by atoms with Crippen LogP contribution in [0.5, 0.6) is 0 Å². The summed E-state index contributed by atoms with van der Waals surface area (Å²) in [5, 5.41) is 13.8. The number of carboxylic acids is 1. The van der Waals surface area contributed by atoms with Crippen LogP contribution in [0.2, 0.25) is 0 Å². The molecule has 0 aliphatic carbocycles. The van der Waals surface area contributed by atoms with E-state index in [-0.39, 0.29) is 5.01 Å². The Labute approximate surface area is 134 Å². The van der Waals surface area contributed by atoms with Crippen molar-refractivity contribution in [1.82, 2.24) is 10.3 Å². The largest absolute Gasteiger partial charge is 0.491 e. The number of carboxylic acid groups (broad SMARTS) is 1. The molecule has 0 radical (unpaired) electrons. The minimum atomic E-state index is -1.02. The van der Waals surface area contributed by atoms with E-state index in [0.717, 1.165) is 16.8 Å². The fourth-order valence-electron chi connectivity index (χ4n) is 2.04. The first-order valence-electron chi connectivity index (χ1n) is 7.06. The van der Waals surface area contributed by atoms with Crippen LogP contribution in [0, 0.1) is 0 Å². The summed E-state index contributed by atoms with van der Waals surface area (Å²) in [7, 11) is 1.36. The number of hydrogen-bond acceptors (Lipinski definition) is 6. The Bertz CT molecular complexity index is 581. The van der Waals surface area contributed by atoms with Gasteiger partial charge in [0.2, 0.25) is 5.01 Å². The van der Waals surface area contributed by atoms with Crippen molar-refractivity contribution in [3.05, 3.63) is 21.6 Å². The smallest absolute Gasteiger partial charge is 0.476 e. The molecule has 2 heterocycles. The van der Waals surface area contributed by atoms with E-state index >= 15 is 0 Å². The van der Waals surface area contributed by atoms with Crippen molar-refractivity contribution in [2.75, 3.05) is 13.6 Å². The molecule has 6 nitrogen and oxygen atoms in total. The lowest BCUT2D eigenvalue weighted by Gasteiger charge is -2.32. The number of likely N-dealkylation sites (N-methyl/N-ethyl adjacent to an activating group) is 1. The Hall–Kier alpha value is -1.22. The summed E-state index contributed by atoms with van der Waals surface area (Å²) in [4.78, 5) is 15.0. The Kier molecular flexibility index (Phi) is 4.77. The highest BCUT2D eigenvalue weighted by Gasteiger charge is 2.52. The van der Waals surface area contributed by atoms with Gasteiger partial charge in [-0.1, -0.05) is 0 Å². The first-order valence-corrected chi connectivity index (χ1v) is 7.94. The summed E-state index contributed by atoms with van der Waals surface area (Å²) in [6, 6.07) is 0. The van der Waals surface area contributed by atoms with Gasteiger partial charge < -0.3 is 19.7 Å². The van der Waals surface area contributed by atoms with Crippen molar-refractivity contribution in [2.24, 2.45) is 0 Å². The van der Waals surface area contributed by atoms with Crippen molar-refractivity contribution in [1.29, 1.82) is 0 Å². The number of aromatic carboxylic acids is 1. The Morgan fingerprint density at radius 2 is 2.00 bits per heavy atom. The average molecular weight is 324 g/mol. The predicted molar refractivity (Wildman–Crippen MR) is 87.1 cm³/mol. The SMILES string of the molecule is CNCC(=Cc1csc(C(=O)O)n1)B1OC(C)(C)C(C)(C)O1. The molecule has 1 aromatic heterocycles. The molecular weight excluding hydrogens is 303 g/mol. The van der Waals surface area contributed by atoms with Crippen LogP contribution in [0.3, 0.4) is 0 Å². The van der Waals surface area contributed by atoms with Crippen LogP contribution < -0.4 is 5.32 Å². The minimum Gasteiger partial charge on any atom is -0.476 e. The Morgan fingerprint density at radius 1 is 1.41 bits per heavy atom. The summed E-state index contributed by atoms with van der Waals surface area (Å²) in [6.07, 6.45) is 1.82. The van der Waals surface area contributed by atoms with E-state index in [9.17, 15) is 4.79 Å². The Morgan fingerprint density at radius 3 is 2.45 bits per heavy atom. The molecule has 1 fully saturated rings. The first-order chi connectivity index (χ1) is 10.2. The molecule has 0 amide bonds. The highest BCUT2D eigenvalue weighted by atomic mass is 32.1. The highest BCUT2D eigenvalue weighted by molar-refractivity contribution is 7.11. The minimum absolute atomic E-state index is 0.0731. The summed E-state index contributed by atoms with van der Waals surface area (Å²) in [5.41, 5.74) is 0.642. The van der Waals surface area contributed by atoms with Crippen LogP contribution in [0.15, 0.2) is 10.9 Å². The topological polar surface area (TPSA) is 80.7 Å². The lowest BCUT2D eigenvalue weighted by Crippen LogP contribution is -2.41. The van der Waals surface area contributed by atoms with Crippen molar-refractivity contribution < 1.29 is 19.2 Å². The molecule has 0 unspecified atom stereocenters. The van der Waals surface area contributed by atoms with E-state index in [1.807, 2.05) is 40.8 Å². The number of thiazole rings is 1. The average Bonchev–Trinajstić information content (AvgIpc) is 2.92. The van der Waals surface area contributed by atoms with Gasteiger partial charge in [-0.15, -0.1) is 11.3 Å². The van der Waals surface area contributed by atoms with E-state index in [2.05, 4.69) is 10.3 Å².